The van der Waals surface area contributed by atoms with E-state index in [2.05, 4.69) is 44.8 Å². The molecule has 1 saturated heterocycles. The molecule has 0 radical (unpaired) electrons. The minimum absolute atomic E-state index is 0.257. The number of nitrogens with one attached hydrogen (secondary N) is 4. The van der Waals surface area contributed by atoms with Crippen molar-refractivity contribution in [2.24, 2.45) is 22.0 Å². The first-order chi connectivity index (χ1) is 14.9. The molecule has 2 amide bonds. The summed E-state index contributed by atoms with van der Waals surface area (Å²) in [7, 11) is 0. The van der Waals surface area contributed by atoms with E-state index in [9.17, 15) is 9.59 Å². The van der Waals surface area contributed by atoms with Gasteiger partial charge in [-0.15, -0.1) is 13.2 Å². The maximum Gasteiger partial charge on any atom is 0.237 e. The van der Waals surface area contributed by atoms with Crippen LogP contribution in [0, 0.1) is 11.8 Å². The van der Waals surface area contributed by atoms with Crippen LogP contribution in [0.2, 0.25) is 0 Å². The molecule has 2 aliphatic rings. The zero-order valence-electron chi connectivity index (χ0n) is 17.1. The number of allylic oxidation sites excluding steroid dienone is 2. The van der Waals surface area contributed by atoms with E-state index in [1.54, 1.807) is 43.4 Å². The first-order valence-electron chi connectivity index (χ1n) is 9.52. The van der Waals surface area contributed by atoms with Crippen molar-refractivity contribution in [1.29, 1.82) is 0 Å². The Bertz CT molecular complexity index is 849. The van der Waals surface area contributed by atoms with Crippen molar-refractivity contribution in [2.75, 3.05) is 13.1 Å². The molecular formula is C20H25N7O2S2. The number of amides is 2. The average molecular weight is 460 g/mol. The first kappa shape index (κ1) is 24.1. The molecule has 0 spiro atoms. The zero-order valence-corrected chi connectivity index (χ0v) is 18.7. The van der Waals surface area contributed by atoms with E-state index in [0.29, 0.717) is 18.8 Å². The van der Waals surface area contributed by atoms with Crippen LogP contribution >= 0.6 is 24.4 Å². The van der Waals surface area contributed by atoms with Gasteiger partial charge in [0.2, 0.25) is 11.8 Å². The summed E-state index contributed by atoms with van der Waals surface area (Å²) >= 11 is 10.2. The fourth-order valence-corrected chi connectivity index (χ4v) is 3.20. The molecule has 1 heterocycles. The Labute approximate surface area is 192 Å². The van der Waals surface area contributed by atoms with Gasteiger partial charge in [0.1, 0.15) is 5.71 Å². The monoisotopic (exact) mass is 459 g/mol. The lowest BCUT2D eigenvalue weighted by atomic mass is 9.91. The van der Waals surface area contributed by atoms with Crippen molar-refractivity contribution in [2.45, 2.75) is 13.0 Å². The van der Waals surface area contributed by atoms with E-state index in [1.807, 2.05) is 0 Å². The van der Waals surface area contributed by atoms with Crippen molar-refractivity contribution >= 4 is 58.4 Å². The molecule has 3 atom stereocenters. The number of nitrogens with zero attached hydrogens (tertiary/aromatic N) is 3. The number of imide groups is 1. The number of fused-ring (bicyclic) bond motifs is 1. The predicted molar refractivity (Wildman–Crippen MR) is 130 cm³/mol. The number of likely N-dealkylation sites (tertiary alicyclic amines) is 1. The maximum atomic E-state index is 12.9. The molecule has 1 aliphatic carbocycles. The van der Waals surface area contributed by atoms with Gasteiger partial charge in [-0.1, -0.05) is 36.5 Å². The lowest BCUT2D eigenvalue weighted by Crippen LogP contribution is -2.45. The van der Waals surface area contributed by atoms with E-state index in [4.69, 9.17) is 24.4 Å². The number of carbonyl (C=O) groups excluding carboxylic acids is 2. The van der Waals surface area contributed by atoms with Gasteiger partial charge in [0.05, 0.1) is 24.1 Å². The molecule has 0 bridgehead atoms. The lowest BCUT2D eigenvalue weighted by molar-refractivity contribution is -0.140. The number of rotatable bonds is 9. The smallest absolute Gasteiger partial charge is 0.237 e. The highest BCUT2D eigenvalue weighted by Gasteiger charge is 2.48. The normalized spacial score (nSPS) is 20.9. The van der Waals surface area contributed by atoms with Crippen LogP contribution in [-0.4, -0.2) is 58.0 Å². The number of thiocarbonyl (C=S) groups is 2. The SMILES string of the molecule is C=CCNC(=S)N/N=C\C(=N/NC(=S)NCC=C)C(C)N1C(=O)C2C=CC=CC2C1=O. The molecule has 3 unspecified atom stereocenters. The number of hydrazone groups is 2. The molecule has 0 saturated carbocycles. The van der Waals surface area contributed by atoms with Gasteiger partial charge in [-0.25, -0.2) is 0 Å². The minimum Gasteiger partial charge on any atom is -0.358 e. The fourth-order valence-electron chi connectivity index (χ4n) is 2.93. The van der Waals surface area contributed by atoms with Crippen LogP contribution < -0.4 is 21.5 Å². The molecule has 11 heteroatoms. The molecule has 1 aliphatic heterocycles. The summed E-state index contributed by atoms with van der Waals surface area (Å²) in [5.74, 6) is -1.58. The topological polar surface area (TPSA) is 110 Å². The Balaban J connectivity index is 2.19. The highest BCUT2D eigenvalue weighted by Crippen LogP contribution is 2.32. The summed E-state index contributed by atoms with van der Waals surface area (Å²) in [5.41, 5.74) is 5.64. The van der Waals surface area contributed by atoms with Gasteiger partial charge in [-0.05, 0) is 31.4 Å². The summed E-state index contributed by atoms with van der Waals surface area (Å²) in [6.45, 7) is 9.83. The molecule has 31 heavy (non-hydrogen) atoms. The van der Waals surface area contributed by atoms with Gasteiger partial charge >= 0.3 is 0 Å². The Kier molecular flexibility index (Phi) is 9.22. The van der Waals surface area contributed by atoms with Crippen molar-refractivity contribution < 1.29 is 9.59 Å². The van der Waals surface area contributed by atoms with Crippen LogP contribution in [0.15, 0.2) is 59.8 Å². The predicted octanol–water partition coefficient (Wildman–Crippen LogP) is 0.744. The second-order valence-corrected chi connectivity index (χ2v) is 7.38. The summed E-state index contributed by atoms with van der Waals surface area (Å²) in [6, 6.07) is -0.692. The largest absolute Gasteiger partial charge is 0.358 e. The molecule has 9 nitrogen and oxygen atoms in total. The Hall–Kier alpha value is -3.18. The van der Waals surface area contributed by atoms with E-state index in [1.165, 1.54) is 11.1 Å². The molecule has 0 aromatic carbocycles. The number of hydrogen-bond donors (Lipinski definition) is 4. The Morgan fingerprint density at radius 3 is 2.10 bits per heavy atom. The summed E-state index contributed by atoms with van der Waals surface area (Å²) < 4.78 is 0. The maximum absolute atomic E-state index is 12.9. The quantitative estimate of drug-likeness (QED) is 0.131. The third-order valence-corrected chi connectivity index (χ3v) is 4.93. The van der Waals surface area contributed by atoms with E-state index < -0.39 is 17.9 Å². The van der Waals surface area contributed by atoms with Crippen molar-refractivity contribution in [3.8, 4) is 0 Å². The molecule has 0 aromatic rings. The second kappa shape index (κ2) is 11.9. The van der Waals surface area contributed by atoms with Gasteiger partial charge in [0, 0.05) is 13.1 Å². The van der Waals surface area contributed by atoms with Crippen LogP contribution in [0.25, 0.3) is 0 Å². The average Bonchev–Trinajstić information content (AvgIpc) is 3.03. The number of carbonyl (C=O) groups is 2. The van der Waals surface area contributed by atoms with Crippen LogP contribution in [0.1, 0.15) is 6.92 Å². The summed E-state index contributed by atoms with van der Waals surface area (Å²) in [5, 5.41) is 14.6. The second-order valence-electron chi connectivity index (χ2n) is 6.56. The third-order valence-electron chi connectivity index (χ3n) is 4.46. The Morgan fingerprint density at radius 2 is 1.58 bits per heavy atom. The molecule has 0 aromatic heterocycles. The van der Waals surface area contributed by atoms with E-state index in [-0.39, 0.29) is 22.0 Å². The van der Waals surface area contributed by atoms with Crippen molar-refractivity contribution in [3.05, 3.63) is 49.6 Å². The third kappa shape index (κ3) is 6.40. The van der Waals surface area contributed by atoms with E-state index >= 15 is 0 Å². The van der Waals surface area contributed by atoms with Crippen LogP contribution in [0.5, 0.6) is 0 Å². The van der Waals surface area contributed by atoms with Crippen LogP contribution in [0.4, 0.5) is 0 Å². The molecule has 164 valence electrons. The summed E-state index contributed by atoms with van der Waals surface area (Å²) in [6.07, 6.45) is 11.7. The molecule has 4 N–H and O–H groups in total. The van der Waals surface area contributed by atoms with Crippen LogP contribution in [-0.2, 0) is 9.59 Å². The fraction of sp³-hybridized carbons (Fsp3) is 0.300. The lowest BCUT2D eigenvalue weighted by Gasteiger charge is -2.23. The minimum atomic E-state index is -0.692. The number of hydrogen-bond acceptors (Lipinski definition) is 6. The highest BCUT2D eigenvalue weighted by atomic mass is 32.1. The van der Waals surface area contributed by atoms with Crippen molar-refractivity contribution in [3.63, 3.8) is 0 Å². The van der Waals surface area contributed by atoms with Gasteiger partial charge in [0.15, 0.2) is 10.2 Å². The molecule has 1 fully saturated rings. The Morgan fingerprint density at radius 1 is 1.06 bits per heavy atom. The van der Waals surface area contributed by atoms with Gasteiger partial charge in [0.25, 0.3) is 0 Å². The first-order valence-corrected chi connectivity index (χ1v) is 10.3. The van der Waals surface area contributed by atoms with Gasteiger partial charge in [-0.2, -0.15) is 10.2 Å². The molecule has 2 rings (SSSR count). The van der Waals surface area contributed by atoms with Gasteiger partial charge < -0.3 is 10.6 Å². The highest BCUT2D eigenvalue weighted by molar-refractivity contribution is 7.80. The molecular weight excluding hydrogens is 434 g/mol. The van der Waals surface area contributed by atoms with Gasteiger partial charge in [-0.3, -0.25) is 25.3 Å². The standard InChI is InChI=1S/C20H25N7O2S2/c1-4-10-21-19(30)25-23-12-16(24-26-20(31)22-11-5-2)13(3)27-17(28)14-8-6-7-9-15(14)18(27)29/h4-9,12-15H,1-2,10-11H2,3H3,(H2,21,25,30)(H2,22,26,31)/b23-12-,24-16+. The van der Waals surface area contributed by atoms with E-state index in [0.717, 1.165) is 0 Å². The van der Waals surface area contributed by atoms with Crippen molar-refractivity contribution in [1.82, 2.24) is 26.4 Å². The summed E-state index contributed by atoms with van der Waals surface area (Å²) in [4.78, 5) is 26.9. The zero-order chi connectivity index (χ0) is 22.8. The van der Waals surface area contributed by atoms with Crippen LogP contribution in [0.3, 0.4) is 0 Å².